The third-order valence-electron chi connectivity index (χ3n) is 6.30. The number of aromatic hydroxyl groups is 1. The van der Waals surface area contributed by atoms with Crippen LogP contribution < -0.4 is 10.5 Å². The fourth-order valence-corrected chi connectivity index (χ4v) is 4.53. The van der Waals surface area contributed by atoms with Crippen molar-refractivity contribution in [2.45, 2.75) is 31.4 Å². The van der Waals surface area contributed by atoms with Crippen molar-refractivity contribution in [2.75, 3.05) is 13.1 Å². The number of piperidine rings is 1. The van der Waals surface area contributed by atoms with Crippen LogP contribution in [0.1, 0.15) is 35.4 Å². The Labute approximate surface area is 198 Å². The van der Waals surface area contributed by atoms with Crippen LogP contribution in [0, 0.1) is 0 Å². The number of carbonyl (C=O) groups excluding carboxylic acids is 1. The third kappa shape index (κ3) is 4.55. The zero-order chi connectivity index (χ0) is 23.5. The molecule has 0 bridgehead atoms. The predicted octanol–water partition coefficient (Wildman–Crippen LogP) is 4.15. The largest absolute Gasteiger partial charge is 0.508 e. The van der Waals surface area contributed by atoms with Crippen LogP contribution in [0.15, 0.2) is 77.8 Å². The zero-order valence-corrected chi connectivity index (χ0v) is 18.8. The Morgan fingerprint density at radius 3 is 2.29 bits per heavy atom. The first-order valence-corrected chi connectivity index (χ1v) is 11.5. The minimum atomic E-state index is -0.506. The van der Waals surface area contributed by atoms with Gasteiger partial charge in [-0.15, -0.1) is 0 Å². The quantitative estimate of drug-likeness (QED) is 0.347. The summed E-state index contributed by atoms with van der Waals surface area (Å²) in [6, 6.07) is 22.2. The van der Waals surface area contributed by atoms with Crippen LogP contribution in [0.3, 0.4) is 0 Å². The van der Waals surface area contributed by atoms with Gasteiger partial charge in [-0.2, -0.15) is 0 Å². The number of nitrogens with zero attached hydrogens (tertiary/aromatic N) is 2. The summed E-state index contributed by atoms with van der Waals surface area (Å²) in [7, 11) is 0. The molecule has 0 radical (unpaired) electrons. The standard InChI is InChI=1S/C27H27N3O4/c28-27(29-17-18-6-5-7-19(31)16-18)30-14-12-20(13-15-30)33-26(32)25-21-8-1-3-10-23(21)34-24-11-4-2-9-22(24)25/h1-11,16,20,25,31H,12-15,17H2,(H2,28,29). The highest BCUT2D eigenvalue weighted by Crippen LogP contribution is 2.44. The second kappa shape index (κ2) is 9.47. The van der Waals surface area contributed by atoms with E-state index in [0.717, 1.165) is 16.7 Å². The molecule has 2 aliphatic rings. The molecule has 7 heteroatoms. The lowest BCUT2D eigenvalue weighted by Crippen LogP contribution is -2.45. The van der Waals surface area contributed by atoms with Gasteiger partial charge >= 0.3 is 5.97 Å². The summed E-state index contributed by atoms with van der Waals surface area (Å²) in [5.41, 5.74) is 8.74. The number of ether oxygens (including phenoxy) is 2. The number of benzene rings is 3. The predicted molar refractivity (Wildman–Crippen MR) is 129 cm³/mol. The molecule has 3 N–H and O–H groups in total. The van der Waals surface area contributed by atoms with E-state index in [2.05, 4.69) is 4.99 Å². The molecular weight excluding hydrogens is 430 g/mol. The third-order valence-corrected chi connectivity index (χ3v) is 6.30. The highest BCUT2D eigenvalue weighted by Gasteiger charge is 2.35. The van der Waals surface area contributed by atoms with Crippen molar-refractivity contribution in [1.82, 2.24) is 4.90 Å². The molecule has 0 atom stereocenters. The van der Waals surface area contributed by atoms with E-state index in [9.17, 15) is 9.90 Å². The molecule has 34 heavy (non-hydrogen) atoms. The maximum absolute atomic E-state index is 13.3. The summed E-state index contributed by atoms with van der Waals surface area (Å²) in [6.45, 7) is 1.72. The van der Waals surface area contributed by atoms with Crippen molar-refractivity contribution in [3.8, 4) is 17.2 Å². The summed E-state index contributed by atoms with van der Waals surface area (Å²) < 4.78 is 12.0. The van der Waals surface area contributed by atoms with Gasteiger partial charge in [0, 0.05) is 37.1 Å². The van der Waals surface area contributed by atoms with E-state index in [1.807, 2.05) is 59.5 Å². The molecule has 0 unspecified atom stereocenters. The van der Waals surface area contributed by atoms with Gasteiger partial charge in [-0.25, -0.2) is 4.99 Å². The molecule has 3 aromatic carbocycles. The summed E-state index contributed by atoms with van der Waals surface area (Å²) in [5.74, 6) is 1.28. The number of phenols is 1. The highest BCUT2D eigenvalue weighted by atomic mass is 16.5. The van der Waals surface area contributed by atoms with Crippen LogP contribution >= 0.6 is 0 Å². The normalized spacial score (nSPS) is 16.4. The van der Waals surface area contributed by atoms with Gasteiger partial charge in [-0.1, -0.05) is 48.5 Å². The maximum Gasteiger partial charge on any atom is 0.318 e. The second-order valence-corrected chi connectivity index (χ2v) is 8.58. The molecule has 3 aromatic rings. The van der Waals surface area contributed by atoms with Gasteiger partial charge in [0.1, 0.15) is 29.3 Å². The minimum absolute atomic E-state index is 0.176. The van der Waals surface area contributed by atoms with Crippen molar-refractivity contribution in [1.29, 1.82) is 0 Å². The van der Waals surface area contributed by atoms with E-state index in [4.69, 9.17) is 15.2 Å². The number of carbonyl (C=O) groups is 1. The molecule has 0 amide bonds. The number of hydrogen-bond donors (Lipinski definition) is 2. The molecule has 5 rings (SSSR count). The molecule has 0 saturated carbocycles. The first kappa shape index (κ1) is 21.8. The Morgan fingerprint density at radius 1 is 1.00 bits per heavy atom. The van der Waals surface area contributed by atoms with Crippen molar-refractivity contribution in [3.05, 3.63) is 89.5 Å². The Kier molecular flexibility index (Phi) is 6.08. The summed E-state index contributed by atoms with van der Waals surface area (Å²) >= 11 is 0. The lowest BCUT2D eigenvalue weighted by atomic mass is 9.88. The van der Waals surface area contributed by atoms with E-state index in [0.29, 0.717) is 49.9 Å². The van der Waals surface area contributed by atoms with E-state index >= 15 is 0 Å². The number of likely N-dealkylation sites (tertiary alicyclic amines) is 1. The minimum Gasteiger partial charge on any atom is -0.508 e. The Balaban J connectivity index is 1.22. The smallest absolute Gasteiger partial charge is 0.318 e. The summed E-state index contributed by atoms with van der Waals surface area (Å²) in [5, 5.41) is 9.59. The summed E-state index contributed by atoms with van der Waals surface area (Å²) in [6.07, 6.45) is 1.19. The van der Waals surface area contributed by atoms with Crippen LogP contribution in [0.2, 0.25) is 0 Å². The first-order chi connectivity index (χ1) is 16.6. The number of esters is 1. The monoisotopic (exact) mass is 457 g/mol. The van der Waals surface area contributed by atoms with Gasteiger partial charge in [0.05, 0.1) is 6.54 Å². The van der Waals surface area contributed by atoms with Gasteiger partial charge in [0.15, 0.2) is 5.96 Å². The van der Waals surface area contributed by atoms with Gasteiger partial charge < -0.3 is 25.2 Å². The lowest BCUT2D eigenvalue weighted by molar-refractivity contribution is -0.151. The molecule has 2 heterocycles. The average Bonchev–Trinajstić information content (AvgIpc) is 2.86. The number of nitrogens with two attached hydrogens (primary N) is 1. The number of phenolic OH excluding ortho intramolecular Hbond substituents is 1. The van der Waals surface area contributed by atoms with Crippen molar-refractivity contribution >= 4 is 11.9 Å². The number of aliphatic imine (C=N–C) groups is 1. The molecule has 1 saturated heterocycles. The van der Waals surface area contributed by atoms with Crippen molar-refractivity contribution in [2.24, 2.45) is 10.7 Å². The van der Waals surface area contributed by atoms with Gasteiger partial charge in [0.25, 0.3) is 0 Å². The van der Waals surface area contributed by atoms with Gasteiger partial charge in [-0.05, 0) is 29.8 Å². The molecule has 7 nitrogen and oxygen atoms in total. The van der Waals surface area contributed by atoms with Gasteiger partial charge in [0.2, 0.25) is 0 Å². The van der Waals surface area contributed by atoms with Crippen LogP contribution in [0.4, 0.5) is 0 Å². The molecule has 0 aliphatic carbocycles. The van der Waals surface area contributed by atoms with E-state index in [1.54, 1.807) is 18.2 Å². The average molecular weight is 458 g/mol. The lowest BCUT2D eigenvalue weighted by Gasteiger charge is -2.34. The molecule has 174 valence electrons. The highest BCUT2D eigenvalue weighted by molar-refractivity contribution is 5.85. The van der Waals surface area contributed by atoms with Gasteiger partial charge in [-0.3, -0.25) is 4.79 Å². The Bertz CT molecular complexity index is 1170. The first-order valence-electron chi connectivity index (χ1n) is 11.5. The zero-order valence-electron chi connectivity index (χ0n) is 18.8. The van der Waals surface area contributed by atoms with Crippen molar-refractivity contribution < 1.29 is 19.4 Å². The Morgan fingerprint density at radius 2 is 1.65 bits per heavy atom. The molecule has 0 aromatic heterocycles. The topological polar surface area (TPSA) is 97.4 Å². The number of hydrogen-bond acceptors (Lipinski definition) is 5. The van der Waals surface area contributed by atoms with Crippen molar-refractivity contribution in [3.63, 3.8) is 0 Å². The fraction of sp³-hybridized carbons (Fsp3) is 0.259. The molecule has 0 spiro atoms. The molecule has 2 aliphatic heterocycles. The van der Waals surface area contributed by atoms with Crippen LogP contribution in [-0.4, -0.2) is 41.1 Å². The fourth-order valence-electron chi connectivity index (χ4n) is 4.53. The molecule has 1 fully saturated rings. The SMILES string of the molecule is NC(=NCc1cccc(O)c1)N1CCC(OC(=O)C2c3ccccc3Oc3ccccc32)CC1. The van der Waals surface area contributed by atoms with Crippen LogP contribution in [0.25, 0.3) is 0 Å². The van der Waals surface area contributed by atoms with E-state index in [-0.39, 0.29) is 17.8 Å². The number of guanidine groups is 1. The summed E-state index contributed by atoms with van der Waals surface area (Å²) in [4.78, 5) is 19.8. The molecular formula is C27H27N3O4. The Hall–Kier alpha value is -4.00. The van der Waals surface area contributed by atoms with Crippen LogP contribution in [-0.2, 0) is 16.1 Å². The van der Waals surface area contributed by atoms with Crippen LogP contribution in [0.5, 0.6) is 17.2 Å². The van der Waals surface area contributed by atoms with E-state index < -0.39 is 5.92 Å². The second-order valence-electron chi connectivity index (χ2n) is 8.58. The number of para-hydroxylation sites is 2. The van der Waals surface area contributed by atoms with E-state index in [1.165, 1.54) is 0 Å². The number of rotatable bonds is 4. The maximum atomic E-state index is 13.3. The number of fused-ring (bicyclic) bond motifs is 2.